The van der Waals surface area contributed by atoms with E-state index in [9.17, 15) is 0 Å². The molecule has 0 fully saturated rings. The lowest BCUT2D eigenvalue weighted by atomic mass is 9.97. The predicted octanol–water partition coefficient (Wildman–Crippen LogP) is 10.6. The lowest BCUT2D eigenvalue weighted by Crippen LogP contribution is -1.94. The highest BCUT2D eigenvalue weighted by Gasteiger charge is 2.18. The van der Waals surface area contributed by atoms with Crippen LogP contribution in [0.5, 0.6) is 11.6 Å². The largest absolute Gasteiger partial charge is 0.439 e. The molecule has 1 aliphatic heterocycles. The summed E-state index contributed by atoms with van der Waals surface area (Å²) in [6.45, 7) is 0. The summed E-state index contributed by atoms with van der Waals surface area (Å²) in [7, 11) is 0. The number of H-pyrrole nitrogens is 1. The molecule has 0 radical (unpaired) electrons. The molecule has 0 saturated carbocycles. The van der Waals surface area contributed by atoms with Gasteiger partial charge in [0.05, 0.1) is 28.1 Å². The molecular formula is C40H25N3O. The van der Waals surface area contributed by atoms with Crippen LogP contribution in [0.4, 0.5) is 0 Å². The maximum atomic E-state index is 6.52. The average molecular weight is 564 g/mol. The lowest BCUT2D eigenvalue weighted by molar-refractivity contribution is 0.464. The summed E-state index contributed by atoms with van der Waals surface area (Å²) in [5, 5.41) is 2.30. The van der Waals surface area contributed by atoms with Gasteiger partial charge >= 0.3 is 0 Å². The molecule has 44 heavy (non-hydrogen) atoms. The first-order valence-corrected chi connectivity index (χ1v) is 14.7. The minimum absolute atomic E-state index is 0.536. The van der Waals surface area contributed by atoms with Crippen molar-refractivity contribution in [3.8, 4) is 67.7 Å². The van der Waals surface area contributed by atoms with E-state index >= 15 is 0 Å². The topological polar surface area (TPSA) is 50.8 Å². The van der Waals surface area contributed by atoms with Gasteiger partial charge in [-0.05, 0) is 58.7 Å². The van der Waals surface area contributed by atoms with Gasteiger partial charge in [-0.1, -0.05) is 103 Å². The summed E-state index contributed by atoms with van der Waals surface area (Å²) in [6, 6.07) is 50.4. The Balaban J connectivity index is 1.40. The summed E-state index contributed by atoms with van der Waals surface area (Å²) < 4.78 is 6.52. The Hall–Kier alpha value is -6.00. The van der Waals surface area contributed by atoms with Crippen LogP contribution < -0.4 is 4.74 Å². The van der Waals surface area contributed by atoms with E-state index in [-0.39, 0.29) is 0 Å². The third kappa shape index (κ3) is 4.08. The van der Waals surface area contributed by atoms with Gasteiger partial charge in [0.1, 0.15) is 5.75 Å². The lowest BCUT2D eigenvalue weighted by Gasteiger charge is -2.14. The van der Waals surface area contributed by atoms with Gasteiger partial charge in [-0.3, -0.25) is 0 Å². The summed E-state index contributed by atoms with van der Waals surface area (Å²) in [5.41, 5.74) is 12.2. The van der Waals surface area contributed by atoms with E-state index in [2.05, 4.69) is 120 Å². The number of rotatable bonds is 2. The Morgan fingerprint density at radius 1 is 0.409 bits per heavy atom. The SMILES string of the molecule is c1ccc(-c2cc3cc(c2)-c2cc(-c4ccccc4)cc(n2)-c2cccc4c2[nH]c2c(cccc24)-c2cccc(n2)O3)cc1. The molecule has 4 nitrogen and oxygen atoms in total. The van der Waals surface area contributed by atoms with Gasteiger partial charge < -0.3 is 9.72 Å². The summed E-state index contributed by atoms with van der Waals surface area (Å²) in [4.78, 5) is 14.1. The molecule has 5 aromatic carbocycles. The highest BCUT2D eigenvalue weighted by Crippen LogP contribution is 2.40. The first-order valence-electron chi connectivity index (χ1n) is 14.7. The molecule has 0 saturated heterocycles. The number of hydrogen-bond acceptors (Lipinski definition) is 3. The van der Waals surface area contributed by atoms with E-state index in [1.165, 1.54) is 0 Å². The standard InChI is InChI=1S/C40H25N3O/c1-3-10-25(11-4-1)27-20-29-22-30(21-27)44-38-19-9-18-35(42-38)33-16-7-14-31-32-15-8-17-34(40(32)43-39(31)33)37-24-28(23-36(29)41-37)26-12-5-2-6-13-26/h1-24,43H. The van der Waals surface area contributed by atoms with Crippen molar-refractivity contribution in [3.05, 3.63) is 146 Å². The Kier molecular flexibility index (Phi) is 5.47. The van der Waals surface area contributed by atoms with Gasteiger partial charge in [0, 0.05) is 33.5 Å². The van der Waals surface area contributed by atoms with Gasteiger partial charge in [-0.15, -0.1) is 0 Å². The van der Waals surface area contributed by atoms with Crippen LogP contribution in [-0.4, -0.2) is 15.0 Å². The number of aromatic nitrogens is 3. The van der Waals surface area contributed by atoms with Crippen molar-refractivity contribution >= 4 is 21.8 Å². The second-order valence-electron chi connectivity index (χ2n) is 11.1. The van der Waals surface area contributed by atoms with E-state index in [1.54, 1.807) is 0 Å². The zero-order chi connectivity index (χ0) is 29.0. The van der Waals surface area contributed by atoms with Crippen molar-refractivity contribution < 1.29 is 4.74 Å². The number of nitrogens with one attached hydrogen (secondary N) is 1. The average Bonchev–Trinajstić information content (AvgIpc) is 3.48. The number of para-hydroxylation sites is 2. The number of ether oxygens (including phenoxy) is 1. The first kappa shape index (κ1) is 24.6. The molecule has 4 heteroatoms. The van der Waals surface area contributed by atoms with Crippen LogP contribution in [0.15, 0.2) is 146 Å². The van der Waals surface area contributed by atoms with Crippen molar-refractivity contribution in [1.82, 2.24) is 15.0 Å². The molecule has 8 aromatic rings. The van der Waals surface area contributed by atoms with E-state index in [0.29, 0.717) is 11.6 Å². The number of pyridine rings is 2. The van der Waals surface area contributed by atoms with Crippen LogP contribution in [-0.2, 0) is 0 Å². The monoisotopic (exact) mass is 563 g/mol. The zero-order valence-electron chi connectivity index (χ0n) is 23.7. The second kappa shape index (κ2) is 9.79. The van der Waals surface area contributed by atoms with Crippen molar-refractivity contribution in [2.75, 3.05) is 0 Å². The number of fused-ring (bicyclic) bond motifs is 10. The van der Waals surface area contributed by atoms with E-state index in [4.69, 9.17) is 14.7 Å². The molecule has 0 unspecified atom stereocenters. The van der Waals surface area contributed by atoms with Gasteiger partial charge in [0.25, 0.3) is 0 Å². The second-order valence-corrected chi connectivity index (χ2v) is 11.1. The molecule has 8 bridgehead atoms. The van der Waals surface area contributed by atoms with Crippen LogP contribution in [0.25, 0.3) is 77.8 Å². The van der Waals surface area contributed by atoms with Crippen LogP contribution >= 0.6 is 0 Å². The minimum Gasteiger partial charge on any atom is -0.439 e. The number of nitrogens with zero attached hydrogens (tertiary/aromatic N) is 2. The van der Waals surface area contributed by atoms with Gasteiger partial charge in [0.15, 0.2) is 0 Å². The number of benzene rings is 5. The van der Waals surface area contributed by atoms with E-state index in [0.717, 1.165) is 77.8 Å². The van der Waals surface area contributed by atoms with Crippen LogP contribution in [0, 0.1) is 0 Å². The highest BCUT2D eigenvalue weighted by molar-refractivity contribution is 6.15. The summed E-state index contributed by atoms with van der Waals surface area (Å²) >= 11 is 0. The molecule has 0 amide bonds. The molecule has 3 aromatic heterocycles. The van der Waals surface area contributed by atoms with Crippen LogP contribution in [0.2, 0.25) is 0 Å². The van der Waals surface area contributed by atoms with Crippen molar-refractivity contribution in [2.24, 2.45) is 0 Å². The Morgan fingerprint density at radius 2 is 1.00 bits per heavy atom. The van der Waals surface area contributed by atoms with Gasteiger partial charge in [-0.25, -0.2) is 9.97 Å². The third-order valence-electron chi connectivity index (χ3n) is 8.41. The Morgan fingerprint density at radius 3 is 1.70 bits per heavy atom. The van der Waals surface area contributed by atoms with Crippen molar-refractivity contribution in [3.63, 3.8) is 0 Å². The third-order valence-corrected chi connectivity index (χ3v) is 8.41. The fraction of sp³-hybridized carbons (Fsp3) is 0. The molecule has 206 valence electrons. The quantitative estimate of drug-likeness (QED) is 0.228. The van der Waals surface area contributed by atoms with Crippen molar-refractivity contribution in [1.29, 1.82) is 0 Å². The fourth-order valence-corrected chi connectivity index (χ4v) is 6.33. The van der Waals surface area contributed by atoms with Crippen LogP contribution in [0.3, 0.4) is 0 Å². The van der Waals surface area contributed by atoms with E-state index in [1.807, 2.05) is 30.3 Å². The number of aromatic amines is 1. The minimum atomic E-state index is 0.536. The Bertz CT molecular complexity index is 2360. The Labute approximate surface area is 254 Å². The molecule has 4 heterocycles. The fourth-order valence-electron chi connectivity index (χ4n) is 6.33. The van der Waals surface area contributed by atoms with Gasteiger partial charge in [-0.2, -0.15) is 0 Å². The predicted molar refractivity (Wildman–Crippen MR) is 179 cm³/mol. The first-order chi connectivity index (χ1) is 21.8. The normalized spacial score (nSPS) is 11.8. The molecule has 0 aliphatic carbocycles. The molecule has 0 spiro atoms. The maximum absolute atomic E-state index is 6.52. The summed E-state index contributed by atoms with van der Waals surface area (Å²) in [6.07, 6.45) is 0. The van der Waals surface area contributed by atoms with E-state index < -0.39 is 0 Å². The van der Waals surface area contributed by atoms with Crippen molar-refractivity contribution in [2.45, 2.75) is 0 Å². The summed E-state index contributed by atoms with van der Waals surface area (Å²) in [5.74, 6) is 1.24. The van der Waals surface area contributed by atoms with Crippen LogP contribution in [0.1, 0.15) is 0 Å². The maximum Gasteiger partial charge on any atom is 0.219 e. The molecule has 1 aliphatic rings. The number of hydrogen-bond donors (Lipinski definition) is 1. The molecule has 0 atom stereocenters. The highest BCUT2D eigenvalue weighted by atomic mass is 16.5. The molecule has 9 rings (SSSR count). The molecule has 1 N–H and O–H groups in total. The zero-order valence-corrected chi connectivity index (χ0v) is 23.7. The molecular weight excluding hydrogens is 538 g/mol. The van der Waals surface area contributed by atoms with Gasteiger partial charge in [0.2, 0.25) is 5.88 Å². The smallest absolute Gasteiger partial charge is 0.219 e.